The van der Waals surface area contributed by atoms with Crippen LogP contribution in [0.25, 0.3) is 0 Å². The van der Waals surface area contributed by atoms with Crippen molar-refractivity contribution >= 4 is 0 Å². The third-order valence-corrected chi connectivity index (χ3v) is 3.50. The highest BCUT2D eigenvalue weighted by Crippen LogP contribution is 2.26. The summed E-state index contributed by atoms with van der Waals surface area (Å²) >= 11 is 0. The molecular weight excluding hydrogens is 262 g/mol. The fourth-order valence-electron chi connectivity index (χ4n) is 2.41. The van der Waals surface area contributed by atoms with Crippen LogP contribution in [0, 0.1) is 5.92 Å². The zero-order chi connectivity index (χ0) is 15.2. The number of hydrogen-bond acceptors (Lipinski definition) is 3. The van der Waals surface area contributed by atoms with Crippen molar-refractivity contribution < 1.29 is 10.2 Å². The van der Waals surface area contributed by atoms with Gasteiger partial charge in [-0.15, -0.1) is 0 Å². The molecule has 3 nitrogen and oxygen atoms in total. The summed E-state index contributed by atoms with van der Waals surface area (Å²) in [7, 11) is 0. The predicted octanol–water partition coefficient (Wildman–Crippen LogP) is 3.97. The van der Waals surface area contributed by atoms with Crippen LogP contribution >= 0.6 is 0 Å². The van der Waals surface area contributed by atoms with Gasteiger partial charge in [-0.2, -0.15) is 0 Å². The van der Waals surface area contributed by atoms with E-state index in [0.29, 0.717) is 12.5 Å². The first-order valence-corrected chi connectivity index (χ1v) is 7.35. The van der Waals surface area contributed by atoms with Crippen LogP contribution in [-0.4, -0.2) is 10.2 Å². The Kier molecular flexibility index (Phi) is 5.23. The van der Waals surface area contributed by atoms with Crippen LogP contribution in [0.3, 0.4) is 0 Å². The van der Waals surface area contributed by atoms with Crippen LogP contribution in [0.15, 0.2) is 48.5 Å². The van der Waals surface area contributed by atoms with E-state index >= 15 is 0 Å². The van der Waals surface area contributed by atoms with E-state index in [0.717, 1.165) is 12.0 Å². The van der Waals surface area contributed by atoms with E-state index in [1.54, 1.807) is 6.07 Å². The Bertz CT molecular complexity index is 567. The minimum Gasteiger partial charge on any atom is -0.504 e. The number of phenolic OH excluding ortho intramolecular Hbond substituents is 2. The molecule has 0 radical (unpaired) electrons. The van der Waals surface area contributed by atoms with Gasteiger partial charge in [0.1, 0.15) is 0 Å². The molecular formula is C18H23NO2. The maximum atomic E-state index is 9.55. The topological polar surface area (TPSA) is 52.5 Å². The Hall–Kier alpha value is -2.00. The van der Waals surface area contributed by atoms with Crippen molar-refractivity contribution in [2.75, 3.05) is 0 Å². The molecule has 0 aliphatic heterocycles. The van der Waals surface area contributed by atoms with Gasteiger partial charge in [0, 0.05) is 12.6 Å². The third-order valence-electron chi connectivity index (χ3n) is 3.50. The van der Waals surface area contributed by atoms with E-state index in [9.17, 15) is 10.2 Å². The molecule has 0 aromatic heterocycles. The summed E-state index contributed by atoms with van der Waals surface area (Å²) < 4.78 is 0. The van der Waals surface area contributed by atoms with E-state index in [2.05, 4.69) is 43.4 Å². The van der Waals surface area contributed by atoms with Gasteiger partial charge in [-0.3, -0.25) is 0 Å². The number of hydrogen-bond donors (Lipinski definition) is 3. The molecule has 112 valence electrons. The molecule has 0 amide bonds. The monoisotopic (exact) mass is 285 g/mol. The predicted molar refractivity (Wildman–Crippen MR) is 85.2 cm³/mol. The van der Waals surface area contributed by atoms with E-state index in [-0.39, 0.29) is 17.5 Å². The third kappa shape index (κ3) is 4.50. The number of benzene rings is 2. The Morgan fingerprint density at radius 1 is 0.952 bits per heavy atom. The van der Waals surface area contributed by atoms with Gasteiger partial charge >= 0.3 is 0 Å². The molecule has 21 heavy (non-hydrogen) atoms. The molecule has 2 aromatic carbocycles. The molecule has 2 rings (SSSR count). The van der Waals surface area contributed by atoms with Gasteiger partial charge in [-0.05, 0) is 35.6 Å². The van der Waals surface area contributed by atoms with E-state index < -0.39 is 0 Å². The van der Waals surface area contributed by atoms with Crippen molar-refractivity contribution in [3.05, 3.63) is 59.7 Å². The highest BCUT2D eigenvalue weighted by atomic mass is 16.3. The second-order valence-corrected chi connectivity index (χ2v) is 5.80. The van der Waals surface area contributed by atoms with Crippen LogP contribution in [0.5, 0.6) is 11.5 Å². The number of phenols is 2. The van der Waals surface area contributed by atoms with Gasteiger partial charge < -0.3 is 15.5 Å². The molecule has 0 heterocycles. The summed E-state index contributed by atoms with van der Waals surface area (Å²) in [5.74, 6) is 0.436. The highest BCUT2D eigenvalue weighted by Gasteiger charge is 2.13. The van der Waals surface area contributed by atoms with Gasteiger partial charge in [0.25, 0.3) is 0 Å². The summed E-state index contributed by atoms with van der Waals surface area (Å²) in [4.78, 5) is 0. The first-order chi connectivity index (χ1) is 10.1. The summed E-state index contributed by atoms with van der Waals surface area (Å²) in [6.45, 7) is 5.08. The zero-order valence-electron chi connectivity index (χ0n) is 12.6. The molecule has 0 spiro atoms. The van der Waals surface area contributed by atoms with Crippen molar-refractivity contribution in [1.82, 2.24) is 5.32 Å². The van der Waals surface area contributed by atoms with Crippen molar-refractivity contribution in [3.8, 4) is 11.5 Å². The first kappa shape index (κ1) is 15.4. The smallest absolute Gasteiger partial charge is 0.157 e. The molecule has 0 aliphatic rings. The van der Waals surface area contributed by atoms with Crippen LogP contribution in [-0.2, 0) is 6.54 Å². The lowest BCUT2D eigenvalue weighted by Gasteiger charge is -2.21. The van der Waals surface area contributed by atoms with Crippen LogP contribution in [0.2, 0.25) is 0 Å². The summed E-state index contributed by atoms with van der Waals surface area (Å²) in [6.07, 6.45) is 1.05. The number of aromatic hydroxyl groups is 2. The lowest BCUT2D eigenvalue weighted by atomic mass is 9.97. The lowest BCUT2D eigenvalue weighted by molar-refractivity contribution is 0.401. The molecule has 1 atom stereocenters. The minimum atomic E-state index is -0.0828. The van der Waals surface area contributed by atoms with Crippen LogP contribution in [0.1, 0.15) is 37.4 Å². The summed E-state index contributed by atoms with van der Waals surface area (Å²) in [5.41, 5.74) is 2.23. The first-order valence-electron chi connectivity index (χ1n) is 7.35. The molecule has 3 heteroatoms. The molecule has 0 fully saturated rings. The van der Waals surface area contributed by atoms with Gasteiger partial charge in [-0.1, -0.05) is 50.2 Å². The van der Waals surface area contributed by atoms with E-state index in [1.807, 2.05) is 12.1 Å². The maximum absolute atomic E-state index is 9.55. The van der Waals surface area contributed by atoms with Crippen molar-refractivity contribution in [2.45, 2.75) is 32.9 Å². The maximum Gasteiger partial charge on any atom is 0.157 e. The molecule has 3 N–H and O–H groups in total. The quantitative estimate of drug-likeness (QED) is 0.704. The Morgan fingerprint density at radius 2 is 1.67 bits per heavy atom. The average Bonchev–Trinajstić information content (AvgIpc) is 2.47. The Morgan fingerprint density at radius 3 is 2.29 bits per heavy atom. The molecule has 2 aromatic rings. The second kappa shape index (κ2) is 7.14. The van der Waals surface area contributed by atoms with Gasteiger partial charge in [0.05, 0.1) is 0 Å². The SMILES string of the molecule is CC(C)CC(NCc1ccc(O)c(O)c1)c1ccccc1. The minimum absolute atomic E-state index is 0.0746. The second-order valence-electron chi connectivity index (χ2n) is 5.80. The molecule has 1 unspecified atom stereocenters. The normalized spacial score (nSPS) is 12.5. The van der Waals surface area contributed by atoms with Crippen molar-refractivity contribution in [1.29, 1.82) is 0 Å². The summed E-state index contributed by atoms with van der Waals surface area (Å²) in [6, 6.07) is 15.6. The van der Waals surface area contributed by atoms with Gasteiger partial charge in [0.15, 0.2) is 11.5 Å². The highest BCUT2D eigenvalue weighted by molar-refractivity contribution is 5.40. The van der Waals surface area contributed by atoms with E-state index in [1.165, 1.54) is 11.6 Å². The largest absolute Gasteiger partial charge is 0.504 e. The fraction of sp³-hybridized carbons (Fsp3) is 0.333. The number of rotatable bonds is 6. The van der Waals surface area contributed by atoms with Crippen molar-refractivity contribution in [2.24, 2.45) is 5.92 Å². The number of nitrogens with one attached hydrogen (secondary N) is 1. The van der Waals surface area contributed by atoms with Crippen LogP contribution in [0.4, 0.5) is 0 Å². The molecule has 0 aliphatic carbocycles. The van der Waals surface area contributed by atoms with Crippen molar-refractivity contribution in [3.63, 3.8) is 0 Å². The molecule has 0 saturated heterocycles. The Balaban J connectivity index is 2.07. The lowest BCUT2D eigenvalue weighted by Crippen LogP contribution is -2.22. The van der Waals surface area contributed by atoms with Crippen LogP contribution < -0.4 is 5.32 Å². The molecule has 0 saturated carbocycles. The van der Waals surface area contributed by atoms with Gasteiger partial charge in [0.2, 0.25) is 0 Å². The van der Waals surface area contributed by atoms with E-state index in [4.69, 9.17) is 0 Å². The standard InChI is InChI=1S/C18H23NO2/c1-13(2)10-16(15-6-4-3-5-7-15)19-12-14-8-9-17(20)18(21)11-14/h3-9,11,13,16,19-21H,10,12H2,1-2H3. The average molecular weight is 285 g/mol. The summed E-state index contributed by atoms with van der Waals surface area (Å²) in [5, 5.41) is 22.4. The molecule has 0 bridgehead atoms. The fourth-order valence-corrected chi connectivity index (χ4v) is 2.41. The van der Waals surface area contributed by atoms with Gasteiger partial charge in [-0.25, -0.2) is 0 Å². The zero-order valence-corrected chi connectivity index (χ0v) is 12.6. The Labute approximate surface area is 126 Å².